The van der Waals surface area contributed by atoms with E-state index >= 15 is 0 Å². The number of aromatic nitrogens is 1. The zero-order chi connectivity index (χ0) is 13.1. The van der Waals surface area contributed by atoms with Gasteiger partial charge < -0.3 is 10.4 Å². The fraction of sp³-hybridized carbons (Fsp3) is 0.545. The lowest BCUT2D eigenvalue weighted by Crippen LogP contribution is -2.42. The Hall–Kier alpha value is -1.63. The summed E-state index contributed by atoms with van der Waals surface area (Å²) < 4.78 is 0. The topological polar surface area (TPSA) is 91.3 Å². The van der Waals surface area contributed by atoms with Crippen molar-refractivity contribution in [3.05, 3.63) is 11.1 Å². The van der Waals surface area contributed by atoms with Gasteiger partial charge in [-0.1, -0.05) is 6.92 Å². The highest BCUT2D eigenvalue weighted by molar-refractivity contribution is 7.13. The zero-order valence-electron chi connectivity index (χ0n) is 9.97. The van der Waals surface area contributed by atoms with Crippen molar-refractivity contribution < 1.29 is 14.7 Å². The Balaban J connectivity index is 1.87. The summed E-state index contributed by atoms with van der Waals surface area (Å²) in [5.41, 5.74) is 1.01. The fourth-order valence-corrected chi connectivity index (χ4v) is 2.33. The smallest absolute Gasteiger partial charge is 0.326 e. The van der Waals surface area contributed by atoms with Crippen molar-refractivity contribution in [3.8, 4) is 0 Å². The van der Waals surface area contributed by atoms with Crippen LogP contribution in [0.5, 0.6) is 0 Å². The van der Waals surface area contributed by atoms with E-state index in [9.17, 15) is 9.59 Å². The maximum Gasteiger partial charge on any atom is 0.326 e. The molecule has 3 N–H and O–H groups in total. The van der Waals surface area contributed by atoms with Crippen molar-refractivity contribution in [2.24, 2.45) is 0 Å². The van der Waals surface area contributed by atoms with Crippen molar-refractivity contribution in [2.45, 2.75) is 38.1 Å². The highest BCUT2D eigenvalue weighted by Crippen LogP contribution is 2.40. The Morgan fingerprint density at radius 3 is 2.89 bits per heavy atom. The number of amides is 2. The number of carbonyl (C=O) groups excluding carboxylic acids is 1. The number of nitrogens with zero attached hydrogens (tertiary/aromatic N) is 1. The van der Waals surface area contributed by atoms with Gasteiger partial charge in [0.1, 0.15) is 6.04 Å². The van der Waals surface area contributed by atoms with E-state index in [1.165, 1.54) is 11.3 Å². The molecule has 7 heteroatoms. The molecule has 98 valence electrons. The maximum absolute atomic E-state index is 11.6. The van der Waals surface area contributed by atoms with Gasteiger partial charge >= 0.3 is 12.0 Å². The van der Waals surface area contributed by atoms with Crippen LogP contribution in [0.25, 0.3) is 0 Å². The van der Waals surface area contributed by atoms with E-state index in [1.54, 1.807) is 6.92 Å². The van der Waals surface area contributed by atoms with Gasteiger partial charge in [0.2, 0.25) is 0 Å². The van der Waals surface area contributed by atoms with E-state index in [4.69, 9.17) is 5.11 Å². The molecule has 0 spiro atoms. The molecule has 0 unspecified atom stereocenters. The second kappa shape index (κ2) is 5.34. The minimum atomic E-state index is -1.04. The molecule has 1 aromatic heterocycles. The number of carboxylic acid groups (broad SMARTS) is 1. The van der Waals surface area contributed by atoms with Crippen molar-refractivity contribution in [1.82, 2.24) is 10.3 Å². The monoisotopic (exact) mass is 269 g/mol. The van der Waals surface area contributed by atoms with Crippen LogP contribution in [-0.4, -0.2) is 28.1 Å². The van der Waals surface area contributed by atoms with E-state index in [1.807, 2.05) is 5.38 Å². The van der Waals surface area contributed by atoms with Crippen molar-refractivity contribution in [3.63, 3.8) is 0 Å². The minimum Gasteiger partial charge on any atom is -0.480 e. The van der Waals surface area contributed by atoms with Gasteiger partial charge in [-0.05, 0) is 19.3 Å². The van der Waals surface area contributed by atoms with E-state index in [0.717, 1.165) is 18.5 Å². The Labute approximate surface area is 108 Å². The number of thiazole rings is 1. The molecule has 0 aliphatic heterocycles. The van der Waals surface area contributed by atoms with Crippen LogP contribution >= 0.6 is 11.3 Å². The number of carboxylic acids is 1. The quantitative estimate of drug-likeness (QED) is 0.762. The molecular weight excluding hydrogens is 254 g/mol. The summed E-state index contributed by atoms with van der Waals surface area (Å²) in [5, 5.41) is 16.2. The molecule has 2 amide bonds. The Morgan fingerprint density at radius 2 is 2.33 bits per heavy atom. The summed E-state index contributed by atoms with van der Waals surface area (Å²) >= 11 is 1.36. The lowest BCUT2D eigenvalue weighted by atomic mass is 10.2. The number of nitrogens with one attached hydrogen (secondary N) is 2. The van der Waals surface area contributed by atoms with Gasteiger partial charge in [0.05, 0.1) is 5.69 Å². The first-order chi connectivity index (χ1) is 8.60. The maximum atomic E-state index is 11.6. The lowest BCUT2D eigenvalue weighted by molar-refractivity contribution is -0.139. The predicted octanol–water partition coefficient (Wildman–Crippen LogP) is 2.01. The van der Waals surface area contributed by atoms with Crippen LogP contribution in [0.2, 0.25) is 0 Å². The fourth-order valence-electron chi connectivity index (χ4n) is 1.54. The molecule has 1 aromatic rings. The highest BCUT2D eigenvalue weighted by Gasteiger charge is 2.26. The van der Waals surface area contributed by atoms with Gasteiger partial charge in [-0.25, -0.2) is 14.6 Å². The highest BCUT2D eigenvalue weighted by atomic mass is 32.1. The van der Waals surface area contributed by atoms with Gasteiger partial charge in [-0.2, -0.15) is 0 Å². The average Bonchev–Trinajstić information content (AvgIpc) is 3.07. The molecule has 6 nitrogen and oxygen atoms in total. The van der Waals surface area contributed by atoms with Crippen LogP contribution in [0, 0.1) is 0 Å². The first-order valence-corrected chi connectivity index (χ1v) is 6.74. The standard InChI is InChI=1S/C11H15N3O3S/c1-2-7(9(15)16)12-10(17)14-11-13-8(5-18-11)6-3-4-6/h5-7H,2-4H2,1H3,(H,15,16)(H2,12,13,14,17)/t7-/m0/s1. The molecule has 2 rings (SSSR count). The second-order valence-corrected chi connectivity index (χ2v) is 5.11. The summed E-state index contributed by atoms with van der Waals surface area (Å²) in [5.74, 6) is -0.493. The Morgan fingerprint density at radius 1 is 1.61 bits per heavy atom. The number of urea groups is 1. The van der Waals surface area contributed by atoms with E-state index in [0.29, 0.717) is 17.5 Å². The van der Waals surface area contributed by atoms with E-state index in [-0.39, 0.29) is 0 Å². The molecule has 0 bridgehead atoms. The largest absolute Gasteiger partial charge is 0.480 e. The number of hydrogen-bond acceptors (Lipinski definition) is 4. The normalized spacial score (nSPS) is 16.1. The van der Waals surface area contributed by atoms with Crippen LogP contribution in [-0.2, 0) is 4.79 Å². The second-order valence-electron chi connectivity index (χ2n) is 4.25. The molecule has 1 aliphatic carbocycles. The molecule has 1 saturated carbocycles. The first kappa shape index (κ1) is 12.8. The summed E-state index contributed by atoms with van der Waals surface area (Å²) in [7, 11) is 0. The molecule has 1 atom stereocenters. The van der Waals surface area contributed by atoms with E-state index in [2.05, 4.69) is 15.6 Å². The molecule has 18 heavy (non-hydrogen) atoms. The van der Waals surface area contributed by atoms with Gasteiger partial charge in [-0.3, -0.25) is 5.32 Å². The summed E-state index contributed by atoms with van der Waals surface area (Å²) in [4.78, 5) is 26.6. The first-order valence-electron chi connectivity index (χ1n) is 5.86. The third-order valence-electron chi connectivity index (χ3n) is 2.75. The van der Waals surface area contributed by atoms with Crippen LogP contribution in [0.1, 0.15) is 37.8 Å². The van der Waals surface area contributed by atoms with Crippen LogP contribution in [0.4, 0.5) is 9.93 Å². The van der Waals surface area contributed by atoms with Crippen LogP contribution < -0.4 is 10.6 Å². The van der Waals surface area contributed by atoms with Gasteiger partial charge in [0.15, 0.2) is 5.13 Å². The Bertz CT molecular complexity index is 456. The number of anilines is 1. The average molecular weight is 269 g/mol. The van der Waals surface area contributed by atoms with Gasteiger partial charge in [-0.15, -0.1) is 11.3 Å². The number of hydrogen-bond donors (Lipinski definition) is 3. The third-order valence-corrected chi connectivity index (χ3v) is 3.53. The molecule has 1 heterocycles. The molecule has 0 saturated heterocycles. The van der Waals surface area contributed by atoms with Crippen molar-refractivity contribution in [1.29, 1.82) is 0 Å². The molecule has 1 aliphatic rings. The van der Waals surface area contributed by atoms with Crippen LogP contribution in [0.3, 0.4) is 0 Å². The number of rotatable bonds is 5. The molecular formula is C11H15N3O3S. The number of aliphatic carboxylic acids is 1. The molecule has 0 radical (unpaired) electrons. The predicted molar refractivity (Wildman–Crippen MR) is 68.0 cm³/mol. The van der Waals surface area contributed by atoms with Gasteiger partial charge in [0.25, 0.3) is 0 Å². The number of carbonyl (C=O) groups is 2. The van der Waals surface area contributed by atoms with Crippen molar-refractivity contribution >= 4 is 28.5 Å². The lowest BCUT2D eigenvalue weighted by Gasteiger charge is -2.11. The van der Waals surface area contributed by atoms with Crippen LogP contribution in [0.15, 0.2) is 5.38 Å². The SMILES string of the molecule is CC[C@H](NC(=O)Nc1nc(C2CC2)cs1)C(=O)O. The Kier molecular flexibility index (Phi) is 3.81. The third kappa shape index (κ3) is 3.19. The summed E-state index contributed by atoms with van der Waals surface area (Å²) in [6.45, 7) is 1.70. The minimum absolute atomic E-state index is 0.341. The zero-order valence-corrected chi connectivity index (χ0v) is 10.8. The molecule has 1 fully saturated rings. The molecule has 0 aromatic carbocycles. The summed E-state index contributed by atoms with van der Waals surface area (Å²) in [6, 6.07) is -1.39. The van der Waals surface area contributed by atoms with Gasteiger partial charge in [0, 0.05) is 11.3 Å². The van der Waals surface area contributed by atoms with E-state index < -0.39 is 18.0 Å². The van der Waals surface area contributed by atoms with Crippen molar-refractivity contribution in [2.75, 3.05) is 5.32 Å². The summed E-state index contributed by atoms with van der Waals surface area (Å²) in [6.07, 6.45) is 2.66.